The zero-order valence-corrected chi connectivity index (χ0v) is 15.2. The Morgan fingerprint density at radius 3 is 2.48 bits per heavy atom. The summed E-state index contributed by atoms with van der Waals surface area (Å²) < 4.78 is 11.8. The number of esters is 1. The van der Waals surface area contributed by atoms with Crippen LogP contribution in [0.3, 0.4) is 0 Å². The van der Waals surface area contributed by atoms with Gasteiger partial charge in [-0.25, -0.2) is 0 Å². The Morgan fingerprint density at radius 1 is 1.43 bits per heavy atom. The van der Waals surface area contributed by atoms with Crippen molar-refractivity contribution in [3.05, 3.63) is 11.6 Å². The topological polar surface area (TPSA) is 55.8 Å². The van der Waals surface area contributed by atoms with Crippen LogP contribution >= 0.6 is 0 Å². The van der Waals surface area contributed by atoms with Crippen molar-refractivity contribution in [2.45, 2.75) is 58.9 Å². The van der Waals surface area contributed by atoms with Crippen molar-refractivity contribution in [2.75, 3.05) is 13.2 Å². The molecule has 120 valence electrons. The van der Waals surface area contributed by atoms with Crippen LogP contribution in [0.5, 0.6) is 0 Å². The van der Waals surface area contributed by atoms with Gasteiger partial charge in [0.1, 0.15) is 12.0 Å². The van der Waals surface area contributed by atoms with E-state index >= 15 is 0 Å². The highest BCUT2D eigenvalue weighted by atomic mass is 28.4. The molecule has 1 fully saturated rings. The predicted octanol–water partition coefficient (Wildman–Crippen LogP) is 2.88. The molecule has 0 spiro atoms. The van der Waals surface area contributed by atoms with Crippen LogP contribution in [0, 0.1) is 10.8 Å². The van der Waals surface area contributed by atoms with Gasteiger partial charge in [-0.3, -0.25) is 4.79 Å². The highest BCUT2D eigenvalue weighted by Gasteiger charge is 2.66. The molecule has 0 radical (unpaired) electrons. The normalized spacial score (nSPS) is 36.5. The van der Waals surface area contributed by atoms with Crippen LogP contribution < -0.4 is 0 Å². The van der Waals surface area contributed by atoms with E-state index in [2.05, 4.69) is 33.9 Å². The summed E-state index contributed by atoms with van der Waals surface area (Å²) in [5, 5.41) is 9.74. The number of hydrogen-bond acceptors (Lipinski definition) is 4. The molecule has 0 bridgehead atoms. The van der Waals surface area contributed by atoms with E-state index in [1.807, 2.05) is 19.9 Å². The van der Waals surface area contributed by atoms with Crippen molar-refractivity contribution in [1.29, 1.82) is 0 Å². The maximum Gasteiger partial charge on any atom is 0.315 e. The largest absolute Gasteiger partial charge is 0.464 e. The first-order chi connectivity index (χ1) is 9.40. The average Bonchev–Trinajstić information content (AvgIpc) is 2.70. The van der Waals surface area contributed by atoms with Crippen LogP contribution in [0.15, 0.2) is 11.6 Å². The van der Waals surface area contributed by atoms with Crippen LogP contribution in [0.1, 0.15) is 34.6 Å². The molecule has 0 amide bonds. The lowest BCUT2D eigenvalue weighted by Gasteiger charge is -2.43. The van der Waals surface area contributed by atoms with Gasteiger partial charge < -0.3 is 14.3 Å². The second-order valence-electron chi connectivity index (χ2n) is 8.26. The number of aliphatic hydroxyl groups is 1. The molecule has 4 nitrogen and oxygen atoms in total. The van der Waals surface area contributed by atoms with E-state index < -0.39 is 19.1 Å². The maximum atomic E-state index is 12.4. The predicted molar refractivity (Wildman–Crippen MR) is 84.4 cm³/mol. The molecule has 2 rings (SSSR count). The maximum absolute atomic E-state index is 12.4. The van der Waals surface area contributed by atoms with Crippen LogP contribution in [-0.2, 0) is 14.0 Å². The van der Waals surface area contributed by atoms with Gasteiger partial charge in [0.25, 0.3) is 0 Å². The monoisotopic (exact) mass is 312 g/mol. The lowest BCUT2D eigenvalue weighted by Crippen LogP contribution is -2.51. The molecule has 1 aliphatic heterocycles. The van der Waals surface area contributed by atoms with Gasteiger partial charge in [0, 0.05) is 5.41 Å². The quantitative estimate of drug-likeness (QED) is 0.494. The van der Waals surface area contributed by atoms with Gasteiger partial charge in [-0.2, -0.15) is 0 Å². The van der Waals surface area contributed by atoms with E-state index in [1.165, 1.54) is 0 Å². The molecule has 0 aromatic rings. The van der Waals surface area contributed by atoms with Gasteiger partial charge >= 0.3 is 5.97 Å². The smallest absolute Gasteiger partial charge is 0.315 e. The van der Waals surface area contributed by atoms with E-state index in [1.54, 1.807) is 0 Å². The first kappa shape index (κ1) is 16.7. The number of fused-ring (bicyclic) bond motifs is 1. The van der Waals surface area contributed by atoms with Gasteiger partial charge in [-0.1, -0.05) is 33.8 Å². The minimum atomic E-state index is -2.02. The fraction of sp³-hybridized carbons (Fsp3) is 0.812. The summed E-state index contributed by atoms with van der Waals surface area (Å²) in [7, 11) is -2.02. The fourth-order valence-electron chi connectivity index (χ4n) is 3.00. The Bertz CT molecular complexity index is 491. The van der Waals surface area contributed by atoms with Crippen molar-refractivity contribution < 1.29 is 19.1 Å². The van der Waals surface area contributed by atoms with Crippen LogP contribution in [0.25, 0.3) is 0 Å². The third-order valence-electron chi connectivity index (χ3n) is 6.09. The number of rotatable bonds is 3. The van der Waals surface area contributed by atoms with Gasteiger partial charge in [0.2, 0.25) is 0 Å². The lowest BCUT2D eigenvalue weighted by atomic mass is 9.66. The molecular formula is C16H28O4Si. The Balaban J connectivity index is 2.41. The second-order valence-corrected chi connectivity index (χ2v) is 13.0. The van der Waals surface area contributed by atoms with Gasteiger partial charge in [-0.15, -0.1) is 0 Å². The molecule has 1 saturated heterocycles. The number of hydrogen-bond donors (Lipinski definition) is 1. The molecule has 0 aromatic carbocycles. The molecule has 0 unspecified atom stereocenters. The summed E-state index contributed by atoms with van der Waals surface area (Å²) in [4.78, 5) is 12.4. The minimum Gasteiger partial charge on any atom is -0.464 e. The number of ether oxygens (including phenoxy) is 1. The highest BCUT2D eigenvalue weighted by molar-refractivity contribution is 6.74. The number of cyclic esters (lactones) is 1. The summed E-state index contributed by atoms with van der Waals surface area (Å²) >= 11 is 0. The van der Waals surface area contributed by atoms with Gasteiger partial charge in [0.15, 0.2) is 8.32 Å². The van der Waals surface area contributed by atoms with E-state index in [9.17, 15) is 9.90 Å². The molecule has 3 atom stereocenters. The summed E-state index contributed by atoms with van der Waals surface area (Å²) in [6, 6.07) is 0. The number of aliphatic hydroxyl groups excluding tert-OH is 1. The summed E-state index contributed by atoms with van der Waals surface area (Å²) in [5.41, 5.74) is -0.341. The second kappa shape index (κ2) is 4.67. The van der Waals surface area contributed by atoms with E-state index in [0.717, 1.165) is 5.57 Å². The lowest BCUT2D eigenvalue weighted by molar-refractivity contribution is -0.149. The van der Waals surface area contributed by atoms with Crippen LogP contribution in [-0.4, -0.2) is 38.7 Å². The summed E-state index contributed by atoms with van der Waals surface area (Å²) in [6.45, 7) is 15.1. The molecule has 0 saturated carbocycles. The van der Waals surface area contributed by atoms with Crippen molar-refractivity contribution in [3.63, 3.8) is 0 Å². The molecule has 1 heterocycles. The average molecular weight is 312 g/mol. The summed E-state index contributed by atoms with van der Waals surface area (Å²) in [5.74, 6) is -0.214. The highest BCUT2D eigenvalue weighted by Crippen LogP contribution is 2.59. The van der Waals surface area contributed by atoms with Gasteiger partial charge in [-0.05, 0) is 30.6 Å². The van der Waals surface area contributed by atoms with Crippen molar-refractivity contribution in [3.8, 4) is 0 Å². The Morgan fingerprint density at radius 2 is 2.00 bits per heavy atom. The molecular weight excluding hydrogens is 284 g/mol. The van der Waals surface area contributed by atoms with Crippen molar-refractivity contribution >= 4 is 14.3 Å². The van der Waals surface area contributed by atoms with E-state index in [-0.39, 0.29) is 23.7 Å². The molecule has 0 aromatic heterocycles. The molecule has 5 heteroatoms. The third kappa shape index (κ3) is 2.12. The number of carbonyl (C=O) groups excluding carboxylic acids is 1. The van der Waals surface area contributed by atoms with E-state index in [0.29, 0.717) is 6.61 Å². The third-order valence-corrected chi connectivity index (χ3v) is 10.5. The Labute approximate surface area is 128 Å². The first-order valence-corrected chi connectivity index (χ1v) is 10.5. The number of carbonyl (C=O) groups is 1. The Kier molecular flexibility index (Phi) is 3.72. The molecule has 1 aliphatic carbocycles. The SMILES string of the molecule is CC(C)(C)[Si](C)(C)O[C@H]1C=C(CO)[C@]2(C)COC(=O)[C@]12C. The van der Waals surface area contributed by atoms with Crippen LogP contribution in [0.2, 0.25) is 18.1 Å². The Hall–Kier alpha value is -0.653. The minimum absolute atomic E-state index is 0.0555. The van der Waals surface area contributed by atoms with Gasteiger partial charge in [0.05, 0.1) is 12.7 Å². The van der Waals surface area contributed by atoms with Crippen molar-refractivity contribution in [1.82, 2.24) is 0 Å². The van der Waals surface area contributed by atoms with Crippen LogP contribution in [0.4, 0.5) is 0 Å². The molecule has 2 aliphatic rings. The first-order valence-electron chi connectivity index (χ1n) is 7.57. The molecule has 1 N–H and O–H groups in total. The fourth-order valence-corrected chi connectivity index (χ4v) is 4.29. The zero-order chi connectivity index (χ0) is 16.3. The standard InChI is InChI=1S/C16H28O4Si/c1-14(2,3)21(6,7)20-12-8-11(9-17)15(4)10-19-13(18)16(12,15)5/h8,12,17H,9-10H2,1-7H3/t12-,15-,16-/m0/s1. The molecule has 21 heavy (non-hydrogen) atoms. The van der Waals surface area contributed by atoms with Crippen molar-refractivity contribution in [2.24, 2.45) is 10.8 Å². The zero-order valence-electron chi connectivity index (χ0n) is 14.2. The summed E-state index contributed by atoms with van der Waals surface area (Å²) in [6.07, 6.45) is 1.64. The van der Waals surface area contributed by atoms with E-state index in [4.69, 9.17) is 9.16 Å².